The number of unbranched alkanes of at least 4 members (excludes halogenated alkanes) is 1. The maximum atomic E-state index is 12.4. The van der Waals surface area contributed by atoms with Gasteiger partial charge in [-0.2, -0.15) is 0 Å². The van der Waals surface area contributed by atoms with Crippen molar-refractivity contribution in [1.29, 1.82) is 0 Å². The minimum absolute atomic E-state index is 0.216. The number of rotatable bonds is 10. The molecule has 1 atom stereocenters. The Kier molecular flexibility index (Phi) is 7.45. The largest absolute Gasteiger partial charge is 0.456 e. The molecule has 2 rings (SSSR count). The molecule has 0 saturated heterocycles. The van der Waals surface area contributed by atoms with Crippen LogP contribution in [0.5, 0.6) is 0 Å². The number of fused-ring (bicyclic) bond motifs is 1. The van der Waals surface area contributed by atoms with Crippen molar-refractivity contribution >= 4 is 16.7 Å². The van der Waals surface area contributed by atoms with Gasteiger partial charge in [-0.25, -0.2) is 4.79 Å². The predicted molar refractivity (Wildman–Crippen MR) is 105 cm³/mol. The standard InChI is InChI=1S/C22H32NO2/c1-4-7-15-23(6-3,14-5-2)16-17-25-22(24)21-13-12-19-10-8-9-11-20(19)18-21/h8-13,18H,4-7,14-17H2,1-3H3/q+1. The summed E-state index contributed by atoms with van der Waals surface area (Å²) in [6.07, 6.45) is 3.60. The molecule has 0 bridgehead atoms. The van der Waals surface area contributed by atoms with Crippen molar-refractivity contribution in [2.24, 2.45) is 0 Å². The number of carbonyl (C=O) groups excluding carboxylic acids is 1. The van der Waals surface area contributed by atoms with E-state index in [4.69, 9.17) is 4.74 Å². The van der Waals surface area contributed by atoms with Gasteiger partial charge < -0.3 is 9.22 Å². The molecule has 0 saturated carbocycles. The van der Waals surface area contributed by atoms with Crippen molar-refractivity contribution in [3.8, 4) is 0 Å². The van der Waals surface area contributed by atoms with Gasteiger partial charge in [0.25, 0.3) is 0 Å². The zero-order chi connectivity index (χ0) is 18.1. The Balaban J connectivity index is 1.96. The minimum atomic E-state index is -0.216. The third kappa shape index (κ3) is 5.30. The van der Waals surface area contributed by atoms with Crippen molar-refractivity contribution in [2.45, 2.75) is 40.0 Å². The zero-order valence-electron chi connectivity index (χ0n) is 16.0. The van der Waals surface area contributed by atoms with Gasteiger partial charge in [-0.15, -0.1) is 0 Å². The average molecular weight is 343 g/mol. The number of ether oxygens (including phenoxy) is 1. The molecule has 0 aromatic heterocycles. The molecular formula is C22H32NO2+. The quantitative estimate of drug-likeness (QED) is 0.446. The van der Waals surface area contributed by atoms with Gasteiger partial charge in [0, 0.05) is 0 Å². The van der Waals surface area contributed by atoms with Gasteiger partial charge in [0.1, 0.15) is 13.2 Å². The number of hydrogen-bond acceptors (Lipinski definition) is 2. The van der Waals surface area contributed by atoms with Crippen molar-refractivity contribution in [3.05, 3.63) is 48.0 Å². The fourth-order valence-corrected chi connectivity index (χ4v) is 3.51. The van der Waals surface area contributed by atoms with E-state index in [2.05, 4.69) is 26.8 Å². The monoisotopic (exact) mass is 342 g/mol. The van der Waals surface area contributed by atoms with Crippen LogP contribution in [0.15, 0.2) is 42.5 Å². The lowest BCUT2D eigenvalue weighted by Crippen LogP contribution is -2.51. The van der Waals surface area contributed by atoms with E-state index in [1.165, 1.54) is 19.4 Å². The van der Waals surface area contributed by atoms with Crippen LogP contribution in [0.3, 0.4) is 0 Å². The fraction of sp³-hybridized carbons (Fsp3) is 0.500. The number of carbonyl (C=O) groups is 1. The first-order valence-electron chi connectivity index (χ1n) is 9.65. The second-order valence-corrected chi connectivity index (χ2v) is 6.88. The molecule has 136 valence electrons. The van der Waals surface area contributed by atoms with Gasteiger partial charge in [0.15, 0.2) is 0 Å². The highest BCUT2D eigenvalue weighted by Gasteiger charge is 2.24. The van der Waals surface area contributed by atoms with Gasteiger partial charge in [-0.1, -0.05) is 50.6 Å². The molecule has 0 spiro atoms. The molecule has 0 N–H and O–H groups in total. The molecule has 0 fully saturated rings. The van der Waals surface area contributed by atoms with E-state index in [1.807, 2.05) is 36.4 Å². The van der Waals surface area contributed by atoms with Crippen LogP contribution in [0.4, 0.5) is 0 Å². The van der Waals surface area contributed by atoms with Crippen molar-refractivity contribution in [1.82, 2.24) is 0 Å². The summed E-state index contributed by atoms with van der Waals surface area (Å²) in [5.74, 6) is -0.216. The molecular weight excluding hydrogens is 310 g/mol. The van der Waals surface area contributed by atoms with Gasteiger partial charge in [0.05, 0.1) is 25.2 Å². The van der Waals surface area contributed by atoms with E-state index < -0.39 is 0 Å². The van der Waals surface area contributed by atoms with Crippen LogP contribution in [0.1, 0.15) is 50.4 Å². The molecule has 25 heavy (non-hydrogen) atoms. The first-order chi connectivity index (χ1) is 12.1. The summed E-state index contributed by atoms with van der Waals surface area (Å²) in [6, 6.07) is 13.8. The molecule has 0 amide bonds. The van der Waals surface area contributed by atoms with Gasteiger partial charge in [-0.3, -0.25) is 0 Å². The Bertz CT molecular complexity index is 683. The van der Waals surface area contributed by atoms with Gasteiger partial charge >= 0.3 is 5.97 Å². The second-order valence-electron chi connectivity index (χ2n) is 6.88. The first-order valence-corrected chi connectivity index (χ1v) is 9.65. The SMILES string of the molecule is CCCC[N+](CC)(CCC)CCOC(=O)c1ccc2ccccc2c1. The maximum Gasteiger partial charge on any atom is 0.338 e. The summed E-state index contributed by atoms with van der Waals surface area (Å²) < 4.78 is 6.66. The predicted octanol–water partition coefficient (Wildman–Crippen LogP) is 5.04. The Hall–Kier alpha value is -1.87. The number of nitrogens with zero attached hydrogens (tertiary/aromatic N) is 1. The van der Waals surface area contributed by atoms with Crippen LogP contribution in [0.25, 0.3) is 10.8 Å². The molecule has 1 unspecified atom stereocenters. The van der Waals surface area contributed by atoms with Crippen LogP contribution < -0.4 is 0 Å². The molecule has 2 aromatic carbocycles. The molecule has 3 nitrogen and oxygen atoms in total. The molecule has 0 heterocycles. The number of quaternary nitrogens is 1. The van der Waals surface area contributed by atoms with Crippen molar-refractivity contribution in [2.75, 3.05) is 32.8 Å². The molecule has 0 aliphatic heterocycles. The van der Waals surface area contributed by atoms with Crippen LogP contribution >= 0.6 is 0 Å². The van der Waals surface area contributed by atoms with Crippen LogP contribution in [-0.4, -0.2) is 43.2 Å². The summed E-state index contributed by atoms with van der Waals surface area (Å²) >= 11 is 0. The van der Waals surface area contributed by atoms with E-state index in [-0.39, 0.29) is 5.97 Å². The first kappa shape index (κ1) is 19.5. The third-order valence-corrected chi connectivity index (χ3v) is 5.14. The minimum Gasteiger partial charge on any atom is -0.456 e. The second kappa shape index (κ2) is 9.57. The number of esters is 1. The highest BCUT2D eigenvalue weighted by molar-refractivity contribution is 5.95. The summed E-state index contributed by atoms with van der Waals surface area (Å²) in [6.45, 7) is 11.5. The normalized spacial score (nSPS) is 13.6. The lowest BCUT2D eigenvalue weighted by atomic mass is 10.1. The lowest BCUT2D eigenvalue weighted by molar-refractivity contribution is -0.926. The Labute approximate surface area is 152 Å². The summed E-state index contributed by atoms with van der Waals surface area (Å²) in [5.41, 5.74) is 0.636. The number of hydrogen-bond donors (Lipinski definition) is 0. The summed E-state index contributed by atoms with van der Waals surface area (Å²) in [7, 11) is 0. The fourth-order valence-electron chi connectivity index (χ4n) is 3.51. The molecule has 0 aliphatic carbocycles. The topological polar surface area (TPSA) is 26.3 Å². The Morgan fingerprint density at radius 1 is 0.920 bits per heavy atom. The lowest BCUT2D eigenvalue weighted by Gasteiger charge is -2.37. The molecule has 0 radical (unpaired) electrons. The van der Waals surface area contributed by atoms with E-state index >= 15 is 0 Å². The van der Waals surface area contributed by atoms with Crippen molar-refractivity contribution in [3.63, 3.8) is 0 Å². The van der Waals surface area contributed by atoms with Crippen LogP contribution in [0.2, 0.25) is 0 Å². The van der Waals surface area contributed by atoms with E-state index in [1.54, 1.807) is 0 Å². The molecule has 3 heteroatoms. The highest BCUT2D eigenvalue weighted by atomic mass is 16.5. The molecule has 2 aromatic rings. The van der Waals surface area contributed by atoms with Crippen LogP contribution in [0, 0.1) is 0 Å². The van der Waals surface area contributed by atoms with E-state index in [9.17, 15) is 4.79 Å². The van der Waals surface area contributed by atoms with Crippen LogP contribution in [-0.2, 0) is 4.74 Å². The van der Waals surface area contributed by atoms with E-state index in [0.717, 1.165) is 41.3 Å². The smallest absolute Gasteiger partial charge is 0.338 e. The van der Waals surface area contributed by atoms with Gasteiger partial charge in [-0.05, 0) is 42.7 Å². The summed E-state index contributed by atoms with van der Waals surface area (Å²) in [5, 5.41) is 2.22. The third-order valence-electron chi connectivity index (χ3n) is 5.14. The summed E-state index contributed by atoms with van der Waals surface area (Å²) in [4.78, 5) is 12.4. The Morgan fingerprint density at radius 3 is 2.36 bits per heavy atom. The maximum absolute atomic E-state index is 12.4. The number of benzene rings is 2. The average Bonchev–Trinajstić information content (AvgIpc) is 2.65. The van der Waals surface area contributed by atoms with Crippen molar-refractivity contribution < 1.29 is 14.0 Å². The van der Waals surface area contributed by atoms with Gasteiger partial charge in [0.2, 0.25) is 0 Å². The number of likely N-dealkylation sites (N-methyl/N-ethyl adjacent to an activating group) is 1. The van der Waals surface area contributed by atoms with E-state index in [0.29, 0.717) is 12.2 Å². The molecule has 0 aliphatic rings. The Morgan fingerprint density at radius 2 is 1.68 bits per heavy atom. The zero-order valence-corrected chi connectivity index (χ0v) is 16.0. The highest BCUT2D eigenvalue weighted by Crippen LogP contribution is 2.17.